The fraction of sp³-hybridized carbons (Fsp3) is 0.250. The SMILES string of the molecule is O=C(Nc1cccc(N2C(=O)c3ccccc3C2=O)c1)C1CCCNC1. The van der Waals surface area contributed by atoms with Gasteiger partial charge in [-0.15, -0.1) is 0 Å². The first kappa shape index (κ1) is 16.5. The maximum atomic E-state index is 12.6. The Kier molecular flexibility index (Phi) is 4.26. The molecule has 26 heavy (non-hydrogen) atoms. The van der Waals surface area contributed by atoms with Crippen molar-refractivity contribution in [3.05, 3.63) is 59.7 Å². The van der Waals surface area contributed by atoms with E-state index in [2.05, 4.69) is 10.6 Å². The van der Waals surface area contributed by atoms with Gasteiger partial charge in [0.15, 0.2) is 0 Å². The van der Waals surface area contributed by atoms with Crippen molar-refractivity contribution < 1.29 is 14.4 Å². The number of fused-ring (bicyclic) bond motifs is 1. The fourth-order valence-electron chi connectivity index (χ4n) is 3.47. The average molecular weight is 349 g/mol. The zero-order chi connectivity index (χ0) is 18.1. The molecule has 1 atom stereocenters. The summed E-state index contributed by atoms with van der Waals surface area (Å²) in [6.07, 6.45) is 1.84. The predicted molar refractivity (Wildman–Crippen MR) is 98.2 cm³/mol. The van der Waals surface area contributed by atoms with Gasteiger partial charge in [-0.25, -0.2) is 4.90 Å². The number of piperidine rings is 1. The van der Waals surface area contributed by atoms with E-state index >= 15 is 0 Å². The fourth-order valence-corrected chi connectivity index (χ4v) is 3.47. The van der Waals surface area contributed by atoms with Crippen molar-refractivity contribution in [1.82, 2.24) is 5.32 Å². The van der Waals surface area contributed by atoms with Crippen molar-refractivity contribution in [2.24, 2.45) is 5.92 Å². The van der Waals surface area contributed by atoms with Crippen molar-refractivity contribution in [2.75, 3.05) is 23.3 Å². The summed E-state index contributed by atoms with van der Waals surface area (Å²) >= 11 is 0. The lowest BCUT2D eigenvalue weighted by Crippen LogP contribution is -2.37. The molecule has 2 aromatic rings. The molecule has 132 valence electrons. The third-order valence-corrected chi connectivity index (χ3v) is 4.83. The van der Waals surface area contributed by atoms with Crippen LogP contribution in [0.15, 0.2) is 48.5 Å². The highest BCUT2D eigenvalue weighted by atomic mass is 16.2. The molecule has 1 unspecified atom stereocenters. The molecule has 6 heteroatoms. The lowest BCUT2D eigenvalue weighted by molar-refractivity contribution is -0.120. The summed E-state index contributed by atoms with van der Waals surface area (Å²) in [5, 5.41) is 6.12. The van der Waals surface area contributed by atoms with Crippen LogP contribution >= 0.6 is 0 Å². The van der Waals surface area contributed by atoms with Crippen molar-refractivity contribution in [3.8, 4) is 0 Å². The summed E-state index contributed by atoms with van der Waals surface area (Å²) in [5.41, 5.74) is 1.84. The van der Waals surface area contributed by atoms with Gasteiger partial charge in [0.1, 0.15) is 0 Å². The van der Waals surface area contributed by atoms with Gasteiger partial charge in [-0.3, -0.25) is 14.4 Å². The number of carbonyl (C=O) groups is 3. The quantitative estimate of drug-likeness (QED) is 0.834. The minimum absolute atomic E-state index is 0.0447. The third-order valence-electron chi connectivity index (χ3n) is 4.83. The molecule has 2 aliphatic heterocycles. The molecule has 0 spiro atoms. The summed E-state index contributed by atoms with van der Waals surface area (Å²) in [6.45, 7) is 1.61. The van der Waals surface area contributed by atoms with Crippen LogP contribution in [0.1, 0.15) is 33.6 Å². The first-order valence-corrected chi connectivity index (χ1v) is 8.74. The molecule has 4 rings (SSSR count). The van der Waals surface area contributed by atoms with E-state index in [1.54, 1.807) is 48.5 Å². The van der Waals surface area contributed by atoms with Crippen LogP contribution in [0.3, 0.4) is 0 Å². The molecule has 0 aliphatic carbocycles. The number of benzene rings is 2. The van der Waals surface area contributed by atoms with Crippen LogP contribution in [0, 0.1) is 5.92 Å². The highest BCUT2D eigenvalue weighted by Crippen LogP contribution is 2.30. The van der Waals surface area contributed by atoms with E-state index < -0.39 is 0 Å². The lowest BCUT2D eigenvalue weighted by Gasteiger charge is -2.22. The third kappa shape index (κ3) is 2.88. The maximum absolute atomic E-state index is 12.6. The van der Waals surface area contributed by atoms with Gasteiger partial charge in [0.25, 0.3) is 11.8 Å². The Hall–Kier alpha value is -2.99. The van der Waals surface area contributed by atoms with E-state index in [4.69, 9.17) is 0 Å². The number of hydrogen-bond acceptors (Lipinski definition) is 4. The van der Waals surface area contributed by atoms with Gasteiger partial charge in [-0.1, -0.05) is 18.2 Å². The van der Waals surface area contributed by atoms with Crippen LogP contribution in [0.25, 0.3) is 0 Å². The molecular weight excluding hydrogens is 330 g/mol. The Morgan fingerprint density at radius 3 is 2.42 bits per heavy atom. The molecule has 2 aliphatic rings. The number of nitrogens with zero attached hydrogens (tertiary/aromatic N) is 1. The van der Waals surface area contributed by atoms with Crippen LogP contribution < -0.4 is 15.5 Å². The summed E-state index contributed by atoms with van der Waals surface area (Å²) in [6, 6.07) is 13.6. The largest absolute Gasteiger partial charge is 0.326 e. The summed E-state index contributed by atoms with van der Waals surface area (Å²) < 4.78 is 0. The summed E-state index contributed by atoms with van der Waals surface area (Å²) in [4.78, 5) is 38.8. The van der Waals surface area contributed by atoms with Gasteiger partial charge in [0.2, 0.25) is 5.91 Å². The van der Waals surface area contributed by atoms with Gasteiger partial charge in [-0.05, 0) is 49.7 Å². The van der Waals surface area contributed by atoms with Crippen molar-refractivity contribution in [1.29, 1.82) is 0 Å². The standard InChI is InChI=1S/C20H19N3O3/c24-18(13-5-4-10-21-12-13)22-14-6-3-7-15(11-14)23-19(25)16-8-1-2-9-17(16)20(23)26/h1-3,6-9,11,13,21H,4-5,10,12H2,(H,22,24). The molecule has 0 aromatic heterocycles. The second-order valence-electron chi connectivity index (χ2n) is 6.57. The molecular formula is C20H19N3O3. The van der Waals surface area contributed by atoms with E-state index in [9.17, 15) is 14.4 Å². The highest BCUT2D eigenvalue weighted by molar-refractivity contribution is 6.34. The van der Waals surface area contributed by atoms with Crippen molar-refractivity contribution in [3.63, 3.8) is 0 Å². The van der Waals surface area contributed by atoms with Gasteiger partial charge in [-0.2, -0.15) is 0 Å². The molecule has 2 heterocycles. The number of nitrogens with one attached hydrogen (secondary N) is 2. The smallest absolute Gasteiger partial charge is 0.266 e. The summed E-state index contributed by atoms with van der Waals surface area (Å²) in [5.74, 6) is -0.792. The zero-order valence-electron chi connectivity index (χ0n) is 14.2. The molecule has 1 fully saturated rings. The van der Waals surface area contributed by atoms with E-state index in [1.165, 1.54) is 0 Å². The van der Waals surface area contributed by atoms with Crippen molar-refractivity contribution in [2.45, 2.75) is 12.8 Å². The highest BCUT2D eigenvalue weighted by Gasteiger charge is 2.36. The minimum Gasteiger partial charge on any atom is -0.326 e. The van der Waals surface area contributed by atoms with Gasteiger partial charge in [0.05, 0.1) is 22.7 Å². The van der Waals surface area contributed by atoms with Crippen LogP contribution in [-0.2, 0) is 4.79 Å². The number of rotatable bonds is 3. The zero-order valence-corrected chi connectivity index (χ0v) is 14.2. The Morgan fingerprint density at radius 2 is 1.77 bits per heavy atom. The van der Waals surface area contributed by atoms with Crippen LogP contribution in [0.5, 0.6) is 0 Å². The van der Waals surface area contributed by atoms with Crippen LogP contribution in [0.4, 0.5) is 11.4 Å². The lowest BCUT2D eigenvalue weighted by atomic mass is 9.99. The van der Waals surface area contributed by atoms with Crippen molar-refractivity contribution >= 4 is 29.1 Å². The van der Waals surface area contributed by atoms with Crippen LogP contribution in [-0.4, -0.2) is 30.8 Å². The van der Waals surface area contributed by atoms with E-state index in [0.717, 1.165) is 24.3 Å². The Bertz CT molecular complexity index is 852. The molecule has 6 nitrogen and oxygen atoms in total. The van der Waals surface area contributed by atoms with Gasteiger partial charge in [0, 0.05) is 12.2 Å². The molecule has 3 amide bonds. The normalized spacial score (nSPS) is 19.4. The van der Waals surface area contributed by atoms with Gasteiger partial charge >= 0.3 is 0 Å². The summed E-state index contributed by atoms with van der Waals surface area (Å²) in [7, 11) is 0. The minimum atomic E-state index is -0.342. The Morgan fingerprint density at radius 1 is 1.04 bits per heavy atom. The maximum Gasteiger partial charge on any atom is 0.266 e. The average Bonchev–Trinajstić information content (AvgIpc) is 2.94. The number of anilines is 2. The topological polar surface area (TPSA) is 78.5 Å². The first-order valence-electron chi connectivity index (χ1n) is 8.74. The Labute approximate surface area is 151 Å². The molecule has 0 saturated carbocycles. The second-order valence-corrected chi connectivity index (χ2v) is 6.57. The second kappa shape index (κ2) is 6.72. The van der Waals surface area contributed by atoms with Crippen LogP contribution in [0.2, 0.25) is 0 Å². The predicted octanol–water partition coefficient (Wildman–Crippen LogP) is 2.43. The van der Waals surface area contributed by atoms with Gasteiger partial charge < -0.3 is 10.6 Å². The molecule has 2 N–H and O–H groups in total. The molecule has 2 aromatic carbocycles. The Balaban J connectivity index is 1.56. The number of imide groups is 1. The van der Waals surface area contributed by atoms with E-state index in [-0.39, 0.29) is 23.6 Å². The van der Waals surface area contributed by atoms with E-state index in [0.29, 0.717) is 29.0 Å². The molecule has 0 bridgehead atoms. The molecule has 0 radical (unpaired) electrons. The van der Waals surface area contributed by atoms with E-state index in [1.807, 2.05) is 0 Å². The molecule has 1 saturated heterocycles. The number of carbonyl (C=O) groups excluding carboxylic acids is 3. The number of amides is 3. The first-order chi connectivity index (χ1) is 12.6. The number of hydrogen-bond donors (Lipinski definition) is 2. The monoisotopic (exact) mass is 349 g/mol.